The zero-order chi connectivity index (χ0) is 32.8. The minimum atomic E-state index is -0.325. The van der Waals surface area contributed by atoms with E-state index in [1.807, 2.05) is 34.9 Å². The zero-order valence-electron chi connectivity index (χ0n) is 28.2. The Bertz CT molecular complexity index is 2140. The molecule has 3 aromatic heterocycles. The van der Waals surface area contributed by atoms with Gasteiger partial charge in [0.05, 0.1) is 22.4 Å². The van der Waals surface area contributed by atoms with Gasteiger partial charge in [-0.3, -0.25) is 4.57 Å². The first-order valence-electron chi connectivity index (χ1n) is 17.0. The van der Waals surface area contributed by atoms with Crippen LogP contribution in [0, 0.1) is 38.4 Å². The van der Waals surface area contributed by atoms with Crippen LogP contribution in [0.3, 0.4) is 0 Å². The molecule has 0 N–H and O–H groups in total. The zero-order valence-corrected chi connectivity index (χ0v) is 28.2. The predicted molar refractivity (Wildman–Crippen MR) is 190 cm³/mol. The Morgan fingerprint density at radius 1 is 0.851 bits per heavy atom. The molecule has 0 aliphatic heterocycles. The molecule has 0 bridgehead atoms. The molecule has 1 aliphatic rings. The molecule has 1 unspecified atom stereocenters. The second-order valence-electron chi connectivity index (χ2n) is 13.1. The van der Waals surface area contributed by atoms with Crippen molar-refractivity contribution in [3.63, 3.8) is 0 Å². The molecule has 240 valence electrons. The first-order chi connectivity index (χ1) is 22.8. The lowest BCUT2D eigenvalue weighted by atomic mass is 9.68. The Hall–Kier alpha value is -4.71. The largest absolute Gasteiger partial charge is 0.457 e. The second kappa shape index (κ2) is 12.5. The number of aryl methyl sites for hydroxylation is 2. The average Bonchev–Trinajstić information content (AvgIpc) is 3.56. The first kappa shape index (κ1) is 30.9. The molecule has 7 rings (SSSR count). The number of nitrogens with zero attached hydrogens (tertiary/aromatic N) is 4. The first-order valence-corrected chi connectivity index (χ1v) is 17.0. The Labute approximate surface area is 276 Å². The van der Waals surface area contributed by atoms with Crippen molar-refractivity contribution in [2.45, 2.75) is 73.1 Å². The number of pyridine rings is 1. The molecule has 6 heteroatoms. The van der Waals surface area contributed by atoms with Gasteiger partial charge in [0.25, 0.3) is 0 Å². The lowest BCUT2D eigenvalue weighted by Crippen LogP contribution is -2.24. The summed E-state index contributed by atoms with van der Waals surface area (Å²) in [6.07, 6.45) is 8.75. The maximum absolute atomic E-state index is 14.3. The van der Waals surface area contributed by atoms with Crippen LogP contribution in [0.2, 0.25) is 0 Å². The van der Waals surface area contributed by atoms with E-state index in [4.69, 9.17) is 9.84 Å². The molecule has 0 saturated heterocycles. The van der Waals surface area contributed by atoms with Gasteiger partial charge < -0.3 is 4.74 Å². The molecule has 0 fully saturated rings. The minimum absolute atomic E-state index is 0.325. The van der Waals surface area contributed by atoms with E-state index in [2.05, 4.69) is 87.6 Å². The highest BCUT2D eigenvalue weighted by Crippen LogP contribution is 2.46. The lowest BCUT2D eigenvalue weighted by molar-refractivity contribution is 0.330. The van der Waals surface area contributed by atoms with Crippen LogP contribution in [-0.4, -0.2) is 19.3 Å². The third-order valence-corrected chi connectivity index (χ3v) is 10.1. The molecular formula is C41H43FN4O. The second-order valence-corrected chi connectivity index (χ2v) is 13.1. The molecule has 6 aromatic rings. The number of allylic oxidation sites excluding steroid dienone is 2. The number of para-hydroxylation sites is 1. The fourth-order valence-corrected chi connectivity index (χ4v) is 7.93. The number of ether oxygens (including phenoxy) is 1. The fourth-order valence-electron chi connectivity index (χ4n) is 7.93. The maximum atomic E-state index is 14.3. The standard InChI is InChI=1S/C41H43FN4O/c1-7-28-20-29(8-2)41(30(9-3)21-28)40-26(5)44-46(27(40)6)32-18-25(4)19-34(23-32)47-33-14-15-36-35-12-10-11-13-37(35)45(38(36)24-33)39-22-31(42)16-17-43-39/h10-20,22-24,28,30,41H,7-9,21H2,1-6H3/t28-,30-,41?/m0/s1. The summed E-state index contributed by atoms with van der Waals surface area (Å²) in [4.78, 5) is 4.50. The molecule has 0 spiro atoms. The number of aromatic nitrogens is 4. The fraction of sp³-hybridized carbons (Fsp3) is 0.317. The Morgan fingerprint density at radius 2 is 1.66 bits per heavy atom. The third kappa shape index (κ3) is 5.54. The summed E-state index contributed by atoms with van der Waals surface area (Å²) in [6, 6.07) is 23.4. The van der Waals surface area contributed by atoms with Crippen molar-refractivity contribution >= 4 is 21.8 Å². The van der Waals surface area contributed by atoms with Crippen LogP contribution in [0.25, 0.3) is 33.3 Å². The van der Waals surface area contributed by atoms with Crippen molar-refractivity contribution in [2.75, 3.05) is 0 Å². The molecule has 0 radical (unpaired) electrons. The number of halogens is 1. The van der Waals surface area contributed by atoms with Crippen LogP contribution in [0.1, 0.15) is 74.9 Å². The summed E-state index contributed by atoms with van der Waals surface area (Å²) in [7, 11) is 0. The molecule has 5 nitrogen and oxygen atoms in total. The monoisotopic (exact) mass is 626 g/mol. The number of benzene rings is 3. The molecular weight excluding hydrogens is 583 g/mol. The lowest BCUT2D eigenvalue weighted by Gasteiger charge is -2.36. The van der Waals surface area contributed by atoms with Gasteiger partial charge in [-0.05, 0) is 93.8 Å². The van der Waals surface area contributed by atoms with Crippen LogP contribution in [0.4, 0.5) is 4.39 Å². The third-order valence-electron chi connectivity index (χ3n) is 10.1. The van der Waals surface area contributed by atoms with Crippen LogP contribution in [-0.2, 0) is 0 Å². The van der Waals surface area contributed by atoms with Crippen LogP contribution in [0.15, 0.2) is 90.6 Å². The summed E-state index contributed by atoms with van der Waals surface area (Å²) in [5.74, 6) is 3.34. The van der Waals surface area contributed by atoms with Gasteiger partial charge in [0, 0.05) is 52.3 Å². The van der Waals surface area contributed by atoms with Crippen molar-refractivity contribution in [1.82, 2.24) is 19.3 Å². The van der Waals surface area contributed by atoms with Gasteiger partial charge in [-0.25, -0.2) is 14.1 Å². The van der Waals surface area contributed by atoms with Crippen molar-refractivity contribution in [3.8, 4) is 23.0 Å². The van der Waals surface area contributed by atoms with E-state index < -0.39 is 0 Å². The normalized spacial score (nSPS) is 18.2. The van der Waals surface area contributed by atoms with E-state index in [0.29, 0.717) is 29.3 Å². The number of rotatable bonds is 8. The van der Waals surface area contributed by atoms with Gasteiger partial charge in [-0.1, -0.05) is 57.0 Å². The van der Waals surface area contributed by atoms with Gasteiger partial charge in [-0.2, -0.15) is 5.10 Å². The van der Waals surface area contributed by atoms with Crippen molar-refractivity contribution < 1.29 is 9.13 Å². The van der Waals surface area contributed by atoms with Gasteiger partial charge in [0.1, 0.15) is 23.1 Å². The van der Waals surface area contributed by atoms with Gasteiger partial charge in [0.2, 0.25) is 0 Å². The van der Waals surface area contributed by atoms with Crippen molar-refractivity contribution in [1.29, 1.82) is 0 Å². The molecule has 1 aliphatic carbocycles. The van der Waals surface area contributed by atoms with Crippen LogP contribution < -0.4 is 4.74 Å². The number of hydrogen-bond donors (Lipinski definition) is 0. The summed E-state index contributed by atoms with van der Waals surface area (Å²) < 4.78 is 25.0. The van der Waals surface area contributed by atoms with Gasteiger partial charge in [0.15, 0.2) is 0 Å². The summed E-state index contributed by atoms with van der Waals surface area (Å²) in [5, 5.41) is 7.26. The summed E-state index contributed by atoms with van der Waals surface area (Å²) in [5.41, 5.74) is 9.20. The van der Waals surface area contributed by atoms with E-state index in [0.717, 1.165) is 50.9 Å². The molecule has 3 atom stereocenters. The topological polar surface area (TPSA) is 44.9 Å². The van der Waals surface area contributed by atoms with E-state index in [1.165, 1.54) is 48.8 Å². The smallest absolute Gasteiger partial charge is 0.140 e. The highest BCUT2D eigenvalue weighted by molar-refractivity contribution is 6.09. The van der Waals surface area contributed by atoms with E-state index in [-0.39, 0.29) is 5.82 Å². The van der Waals surface area contributed by atoms with Crippen LogP contribution in [0.5, 0.6) is 11.5 Å². The number of fused-ring (bicyclic) bond motifs is 3. The highest BCUT2D eigenvalue weighted by atomic mass is 19.1. The predicted octanol–water partition coefficient (Wildman–Crippen LogP) is 11.1. The Balaban J connectivity index is 1.28. The van der Waals surface area contributed by atoms with Gasteiger partial charge in [-0.15, -0.1) is 0 Å². The molecule has 3 aromatic carbocycles. The van der Waals surface area contributed by atoms with Crippen LogP contribution >= 0.6 is 0 Å². The maximum Gasteiger partial charge on any atom is 0.140 e. The quantitative estimate of drug-likeness (QED) is 0.158. The van der Waals surface area contributed by atoms with E-state index >= 15 is 0 Å². The van der Waals surface area contributed by atoms with E-state index in [1.54, 1.807) is 5.57 Å². The molecule has 0 amide bonds. The molecule has 0 saturated carbocycles. The SMILES string of the molecule is CCC1=C[C@H](CC)C[C@H](CC)C1c1c(C)nn(-c2cc(C)cc(Oc3ccc4c5ccccc5n(-c5cc(F)ccn5)c4c3)c2)c1C. The highest BCUT2D eigenvalue weighted by Gasteiger charge is 2.34. The molecule has 3 heterocycles. The summed E-state index contributed by atoms with van der Waals surface area (Å²) >= 11 is 0. The Kier molecular flexibility index (Phi) is 8.21. The minimum Gasteiger partial charge on any atom is -0.457 e. The van der Waals surface area contributed by atoms with Crippen molar-refractivity contribution in [2.24, 2.45) is 11.8 Å². The summed E-state index contributed by atoms with van der Waals surface area (Å²) in [6.45, 7) is 13.4. The number of hydrogen-bond acceptors (Lipinski definition) is 3. The Morgan fingerprint density at radius 3 is 2.43 bits per heavy atom. The molecule has 47 heavy (non-hydrogen) atoms. The van der Waals surface area contributed by atoms with Crippen molar-refractivity contribution in [3.05, 3.63) is 119 Å². The van der Waals surface area contributed by atoms with E-state index in [9.17, 15) is 4.39 Å². The van der Waals surface area contributed by atoms with Gasteiger partial charge >= 0.3 is 0 Å². The average molecular weight is 627 g/mol.